The van der Waals surface area contributed by atoms with Crippen molar-refractivity contribution in [2.45, 2.75) is 32.2 Å². The number of hydrogen-bond acceptors (Lipinski definition) is 5. The number of benzene rings is 3. The average Bonchev–Trinajstić information content (AvgIpc) is 2.73. The van der Waals surface area contributed by atoms with Gasteiger partial charge in [0.15, 0.2) is 36.3 Å². The number of hydrogen-bond donors (Lipinski definition) is 1. The molecule has 0 aliphatic heterocycles. The van der Waals surface area contributed by atoms with Gasteiger partial charge in [-0.1, -0.05) is 36.4 Å². The van der Waals surface area contributed by atoms with Gasteiger partial charge in [-0.15, -0.1) is 0 Å². The van der Waals surface area contributed by atoms with E-state index in [4.69, 9.17) is 0 Å². The molecule has 3 rings (SSSR count). The quantitative estimate of drug-likeness (QED) is 0.279. The first-order chi connectivity index (χ1) is 15.3. The number of aromatic hydroxyl groups is 1. The number of phenolic OH excluding ortho intramolecular Hbond substituents is 1. The fourth-order valence-corrected chi connectivity index (χ4v) is 5.38. The standard InChI is InChI=1S/C21H15F5O5S2/c22-20(23,24)19(21(25,26)33(28,29)30)31-18-12-11-16(13-17(18)27)32(14-7-3-1-4-8-14)15-9-5-2-6-10-15/h1-13,19H,(H-,27,28,29,30). The number of halogens is 5. The van der Waals surface area contributed by atoms with Gasteiger partial charge in [0.2, 0.25) is 0 Å². The molecular formula is C21H15F5O5S2. The lowest BCUT2D eigenvalue weighted by Gasteiger charge is -2.30. The summed E-state index contributed by atoms with van der Waals surface area (Å²) >= 11 is 0. The fourth-order valence-electron chi connectivity index (χ4n) is 2.83. The Balaban J connectivity index is 2.03. The van der Waals surface area contributed by atoms with Gasteiger partial charge in [0.25, 0.3) is 6.10 Å². The maximum Gasteiger partial charge on any atom is 0.432 e. The monoisotopic (exact) mass is 506 g/mol. The van der Waals surface area contributed by atoms with E-state index in [9.17, 15) is 40.0 Å². The zero-order valence-electron chi connectivity index (χ0n) is 16.4. The Morgan fingerprint density at radius 3 is 1.70 bits per heavy atom. The maximum absolute atomic E-state index is 13.7. The first kappa shape index (κ1) is 24.8. The zero-order chi connectivity index (χ0) is 24.4. The molecule has 0 saturated carbocycles. The SMILES string of the molecule is O=S(=O)([O-])C(F)(F)C(Oc1ccc([S+](c2ccccc2)c2ccccc2)cc1O)C(F)(F)F. The summed E-state index contributed by atoms with van der Waals surface area (Å²) < 4.78 is 103. The maximum atomic E-state index is 13.7. The number of ether oxygens (including phenoxy) is 1. The van der Waals surface area contributed by atoms with Crippen LogP contribution in [0.2, 0.25) is 0 Å². The summed E-state index contributed by atoms with van der Waals surface area (Å²) in [4.78, 5) is 2.02. The van der Waals surface area contributed by atoms with Crippen LogP contribution in [0, 0.1) is 0 Å². The summed E-state index contributed by atoms with van der Waals surface area (Å²) in [6.45, 7) is 0. The van der Waals surface area contributed by atoms with Crippen LogP contribution in [-0.4, -0.2) is 35.6 Å². The van der Waals surface area contributed by atoms with Crippen LogP contribution in [-0.2, 0) is 21.0 Å². The molecule has 1 N–H and O–H groups in total. The summed E-state index contributed by atoms with van der Waals surface area (Å²) in [5, 5.41) is 4.43. The van der Waals surface area contributed by atoms with Crippen LogP contribution in [0.4, 0.5) is 22.0 Å². The topological polar surface area (TPSA) is 86.7 Å². The lowest BCUT2D eigenvalue weighted by atomic mass is 10.3. The molecule has 5 nitrogen and oxygen atoms in total. The van der Waals surface area contributed by atoms with E-state index < -0.39 is 50.0 Å². The third kappa shape index (κ3) is 5.40. The van der Waals surface area contributed by atoms with E-state index in [1.54, 1.807) is 60.7 Å². The van der Waals surface area contributed by atoms with Gasteiger partial charge in [-0.3, -0.25) is 0 Å². The molecule has 12 heteroatoms. The molecule has 3 aromatic carbocycles. The summed E-state index contributed by atoms with van der Waals surface area (Å²) in [5.74, 6) is -2.00. The summed E-state index contributed by atoms with van der Waals surface area (Å²) in [5.41, 5.74) is 0. The first-order valence-electron chi connectivity index (χ1n) is 9.06. The summed E-state index contributed by atoms with van der Waals surface area (Å²) in [6.07, 6.45) is -10.2. The number of phenols is 1. The molecule has 176 valence electrons. The Hall–Kier alpha value is -2.83. The highest BCUT2D eigenvalue weighted by Gasteiger charge is 2.62. The molecule has 0 saturated heterocycles. The van der Waals surface area contributed by atoms with Crippen molar-refractivity contribution in [2.24, 2.45) is 0 Å². The highest BCUT2D eigenvalue weighted by Crippen LogP contribution is 2.42. The minimum atomic E-state index is -6.72. The molecule has 0 aromatic heterocycles. The Morgan fingerprint density at radius 2 is 1.30 bits per heavy atom. The first-order valence-corrected chi connectivity index (χ1v) is 11.7. The molecular weight excluding hydrogens is 491 g/mol. The predicted octanol–water partition coefficient (Wildman–Crippen LogP) is 4.94. The molecule has 0 bridgehead atoms. The van der Waals surface area contributed by atoms with Crippen LogP contribution in [0.3, 0.4) is 0 Å². The Kier molecular flexibility index (Phi) is 6.91. The van der Waals surface area contributed by atoms with E-state index in [-0.39, 0.29) is 0 Å². The van der Waals surface area contributed by atoms with Crippen molar-refractivity contribution in [3.05, 3.63) is 78.9 Å². The highest BCUT2D eigenvalue weighted by molar-refractivity contribution is 7.97. The average molecular weight is 506 g/mol. The molecule has 0 spiro atoms. The van der Waals surface area contributed by atoms with Crippen molar-refractivity contribution in [1.82, 2.24) is 0 Å². The lowest BCUT2D eigenvalue weighted by Crippen LogP contribution is -2.53. The largest absolute Gasteiger partial charge is 0.743 e. The zero-order valence-corrected chi connectivity index (χ0v) is 18.0. The minimum absolute atomic E-state index is 0.420. The Labute approximate surface area is 188 Å². The van der Waals surface area contributed by atoms with Crippen molar-refractivity contribution >= 4 is 21.0 Å². The second-order valence-electron chi connectivity index (χ2n) is 6.62. The van der Waals surface area contributed by atoms with Crippen molar-refractivity contribution in [3.63, 3.8) is 0 Å². The van der Waals surface area contributed by atoms with E-state index in [1.165, 1.54) is 6.07 Å². The molecule has 0 radical (unpaired) electrons. The Bertz CT molecular complexity index is 1160. The predicted molar refractivity (Wildman–Crippen MR) is 108 cm³/mol. The molecule has 1 unspecified atom stereocenters. The van der Waals surface area contributed by atoms with E-state index in [0.717, 1.165) is 21.9 Å². The van der Waals surface area contributed by atoms with Crippen molar-refractivity contribution < 1.29 is 44.8 Å². The van der Waals surface area contributed by atoms with Crippen molar-refractivity contribution in [1.29, 1.82) is 0 Å². The van der Waals surface area contributed by atoms with Gasteiger partial charge in [-0.25, -0.2) is 8.42 Å². The van der Waals surface area contributed by atoms with Gasteiger partial charge in [0, 0.05) is 6.07 Å². The molecule has 0 aliphatic carbocycles. The van der Waals surface area contributed by atoms with Crippen LogP contribution in [0.1, 0.15) is 0 Å². The van der Waals surface area contributed by atoms with E-state index in [0.29, 0.717) is 4.90 Å². The third-order valence-corrected chi connectivity index (χ3v) is 7.40. The van der Waals surface area contributed by atoms with Crippen LogP contribution in [0.25, 0.3) is 0 Å². The van der Waals surface area contributed by atoms with Gasteiger partial charge in [0.05, 0.1) is 10.9 Å². The van der Waals surface area contributed by atoms with Crippen molar-refractivity contribution in [2.75, 3.05) is 0 Å². The molecule has 3 aromatic rings. The van der Waals surface area contributed by atoms with Crippen LogP contribution in [0.15, 0.2) is 93.5 Å². The third-order valence-electron chi connectivity index (χ3n) is 4.30. The van der Waals surface area contributed by atoms with Gasteiger partial charge in [-0.05, 0) is 36.4 Å². The van der Waals surface area contributed by atoms with Gasteiger partial charge in [0.1, 0.15) is 0 Å². The second kappa shape index (κ2) is 9.20. The lowest BCUT2D eigenvalue weighted by molar-refractivity contribution is -0.239. The normalized spacial score (nSPS) is 13.7. The highest BCUT2D eigenvalue weighted by atomic mass is 32.2. The summed E-state index contributed by atoms with van der Waals surface area (Å²) in [7, 11) is -7.55. The van der Waals surface area contributed by atoms with Crippen LogP contribution < -0.4 is 4.74 Å². The van der Waals surface area contributed by atoms with Gasteiger partial charge < -0.3 is 14.4 Å². The molecule has 0 aliphatic rings. The van der Waals surface area contributed by atoms with E-state index in [2.05, 4.69) is 4.74 Å². The van der Waals surface area contributed by atoms with Crippen LogP contribution in [0.5, 0.6) is 11.5 Å². The Morgan fingerprint density at radius 1 is 0.818 bits per heavy atom. The smallest absolute Gasteiger partial charge is 0.432 e. The van der Waals surface area contributed by atoms with E-state index >= 15 is 0 Å². The molecule has 1 atom stereocenters. The van der Waals surface area contributed by atoms with E-state index in [1.807, 2.05) is 0 Å². The fraction of sp³-hybridized carbons (Fsp3) is 0.143. The number of alkyl halides is 5. The van der Waals surface area contributed by atoms with Gasteiger partial charge in [-0.2, -0.15) is 22.0 Å². The molecule has 0 fully saturated rings. The van der Waals surface area contributed by atoms with Gasteiger partial charge >= 0.3 is 11.4 Å². The minimum Gasteiger partial charge on any atom is -0.743 e. The molecule has 0 amide bonds. The molecule has 0 heterocycles. The number of rotatable bonds is 7. The van der Waals surface area contributed by atoms with Crippen LogP contribution >= 0.6 is 0 Å². The molecule has 33 heavy (non-hydrogen) atoms. The van der Waals surface area contributed by atoms with Crippen molar-refractivity contribution in [3.8, 4) is 11.5 Å². The second-order valence-corrected chi connectivity index (χ2v) is 10.1. The summed E-state index contributed by atoms with van der Waals surface area (Å²) in [6, 6.07) is 21.0.